The summed E-state index contributed by atoms with van der Waals surface area (Å²) in [4.78, 5) is 20.6. The van der Waals surface area contributed by atoms with Crippen LogP contribution >= 0.6 is 23.2 Å². The van der Waals surface area contributed by atoms with Crippen molar-refractivity contribution in [2.75, 3.05) is 0 Å². The van der Waals surface area contributed by atoms with Gasteiger partial charge in [-0.3, -0.25) is 10.1 Å². The molecule has 0 saturated carbocycles. The first-order valence-corrected chi connectivity index (χ1v) is 4.48. The maximum absolute atomic E-state index is 10.8. The first-order valence-electron chi connectivity index (χ1n) is 3.72. The zero-order valence-corrected chi connectivity index (χ0v) is 8.96. The largest absolute Gasteiger partial charge is 0.477 e. The molecule has 0 aliphatic carbocycles. The number of halogens is 2. The Morgan fingerprint density at radius 1 is 1.47 bits per heavy atom. The Morgan fingerprint density at radius 3 is 2.40 bits per heavy atom. The Hall–Kier alpha value is -1.33. The van der Waals surface area contributed by atoms with Gasteiger partial charge in [-0.1, -0.05) is 23.2 Å². The lowest BCUT2D eigenvalue weighted by molar-refractivity contribution is -0.385. The predicted octanol–water partition coefficient (Wildman–Crippen LogP) is 2.91. The number of hydrogen-bond acceptors (Lipinski definition) is 3. The van der Waals surface area contributed by atoms with Crippen molar-refractivity contribution < 1.29 is 14.8 Å². The first kappa shape index (κ1) is 11.7. The molecule has 0 fully saturated rings. The molecule has 1 aromatic rings. The van der Waals surface area contributed by atoms with Crippen molar-refractivity contribution in [3.8, 4) is 0 Å². The van der Waals surface area contributed by atoms with Crippen molar-refractivity contribution >= 4 is 34.9 Å². The topological polar surface area (TPSA) is 80.4 Å². The summed E-state index contributed by atoms with van der Waals surface area (Å²) >= 11 is 11.2. The summed E-state index contributed by atoms with van der Waals surface area (Å²) < 4.78 is 0. The van der Waals surface area contributed by atoms with E-state index in [0.717, 1.165) is 6.07 Å². The molecular weight excluding hydrogens is 245 g/mol. The number of carbonyl (C=O) groups is 1. The second-order valence-electron chi connectivity index (χ2n) is 2.75. The third kappa shape index (κ3) is 2.03. The highest BCUT2D eigenvalue weighted by atomic mass is 35.5. The number of carboxylic acid groups (broad SMARTS) is 1. The van der Waals surface area contributed by atoms with E-state index in [-0.39, 0.29) is 15.6 Å². The number of aromatic carboxylic acids is 1. The molecule has 0 spiro atoms. The minimum absolute atomic E-state index is 0.0861. The quantitative estimate of drug-likeness (QED) is 0.646. The molecule has 0 atom stereocenters. The summed E-state index contributed by atoms with van der Waals surface area (Å²) in [5.74, 6) is -1.43. The molecule has 0 amide bonds. The first-order chi connectivity index (χ1) is 6.86. The van der Waals surface area contributed by atoms with E-state index in [2.05, 4.69) is 0 Å². The fourth-order valence-corrected chi connectivity index (χ4v) is 1.68. The van der Waals surface area contributed by atoms with Crippen LogP contribution in [0.2, 0.25) is 10.0 Å². The van der Waals surface area contributed by atoms with Gasteiger partial charge in [-0.2, -0.15) is 0 Å². The van der Waals surface area contributed by atoms with E-state index in [1.807, 2.05) is 0 Å². The SMILES string of the molecule is Cc1c(Cl)cc(Cl)c([N+](=O)[O-])c1C(=O)O. The molecule has 0 aliphatic rings. The summed E-state index contributed by atoms with van der Waals surface area (Å²) in [5.41, 5.74) is -0.983. The van der Waals surface area contributed by atoms with Gasteiger partial charge < -0.3 is 5.11 Å². The molecule has 15 heavy (non-hydrogen) atoms. The Morgan fingerprint density at radius 2 is 2.00 bits per heavy atom. The van der Waals surface area contributed by atoms with Crippen LogP contribution in [0.15, 0.2) is 6.07 Å². The van der Waals surface area contributed by atoms with Crippen molar-refractivity contribution in [3.05, 3.63) is 37.4 Å². The maximum Gasteiger partial charge on any atom is 0.343 e. The summed E-state index contributed by atoms with van der Waals surface area (Å²) in [6, 6.07) is 1.16. The van der Waals surface area contributed by atoms with Gasteiger partial charge in [0, 0.05) is 5.02 Å². The normalized spacial score (nSPS) is 10.1. The van der Waals surface area contributed by atoms with E-state index in [1.54, 1.807) is 0 Å². The van der Waals surface area contributed by atoms with E-state index in [4.69, 9.17) is 28.3 Å². The van der Waals surface area contributed by atoms with Gasteiger partial charge in [-0.25, -0.2) is 4.79 Å². The lowest BCUT2D eigenvalue weighted by Crippen LogP contribution is -2.06. The van der Waals surface area contributed by atoms with Gasteiger partial charge in [-0.05, 0) is 18.6 Å². The zero-order chi connectivity index (χ0) is 11.7. The molecule has 0 bridgehead atoms. The average molecular weight is 250 g/mol. The van der Waals surface area contributed by atoms with E-state index >= 15 is 0 Å². The lowest BCUT2D eigenvalue weighted by Gasteiger charge is -2.05. The van der Waals surface area contributed by atoms with Gasteiger partial charge in [-0.15, -0.1) is 0 Å². The van der Waals surface area contributed by atoms with Crippen LogP contribution in [-0.2, 0) is 0 Å². The second-order valence-corrected chi connectivity index (χ2v) is 3.57. The van der Waals surface area contributed by atoms with Crippen LogP contribution in [0.3, 0.4) is 0 Å². The van der Waals surface area contributed by atoms with Gasteiger partial charge in [0.2, 0.25) is 0 Å². The van der Waals surface area contributed by atoms with Crippen molar-refractivity contribution in [2.24, 2.45) is 0 Å². The van der Waals surface area contributed by atoms with Crippen molar-refractivity contribution in [1.82, 2.24) is 0 Å². The van der Waals surface area contributed by atoms with Crippen molar-refractivity contribution in [1.29, 1.82) is 0 Å². The Bertz CT molecular complexity index is 458. The minimum Gasteiger partial charge on any atom is -0.477 e. The van der Waals surface area contributed by atoms with E-state index in [9.17, 15) is 14.9 Å². The number of nitrogens with zero attached hydrogens (tertiary/aromatic N) is 1. The molecule has 0 unspecified atom stereocenters. The molecule has 1 N–H and O–H groups in total. The third-order valence-corrected chi connectivity index (χ3v) is 2.53. The Kier molecular flexibility index (Phi) is 3.16. The van der Waals surface area contributed by atoms with Crippen LogP contribution in [0.25, 0.3) is 0 Å². The molecule has 5 nitrogen and oxygen atoms in total. The lowest BCUT2D eigenvalue weighted by atomic mass is 10.1. The molecule has 0 heterocycles. The molecule has 1 aromatic carbocycles. The molecule has 0 aromatic heterocycles. The molecule has 1 rings (SSSR count). The van der Waals surface area contributed by atoms with Crippen LogP contribution in [-0.4, -0.2) is 16.0 Å². The van der Waals surface area contributed by atoms with E-state index < -0.39 is 22.1 Å². The summed E-state index contributed by atoms with van der Waals surface area (Å²) in [6.07, 6.45) is 0. The third-order valence-electron chi connectivity index (χ3n) is 1.85. The minimum atomic E-state index is -1.43. The fourth-order valence-electron chi connectivity index (χ4n) is 1.14. The van der Waals surface area contributed by atoms with Gasteiger partial charge in [0.05, 0.1) is 4.92 Å². The maximum atomic E-state index is 10.8. The molecule has 0 saturated heterocycles. The Labute approximate surface area is 94.4 Å². The fraction of sp³-hybridized carbons (Fsp3) is 0.125. The molecule has 80 valence electrons. The van der Waals surface area contributed by atoms with Gasteiger partial charge in [0.1, 0.15) is 10.6 Å². The standard InChI is InChI=1S/C8H5Cl2NO4/c1-3-4(9)2-5(10)7(11(14)15)6(3)8(12)13/h2H,1H3,(H,12,13). The molecule has 0 radical (unpaired) electrons. The monoisotopic (exact) mass is 249 g/mol. The predicted molar refractivity (Wildman–Crippen MR) is 54.8 cm³/mol. The number of hydrogen-bond donors (Lipinski definition) is 1. The number of nitro benzene ring substituents is 1. The Balaban J connectivity index is 3.69. The second kappa shape index (κ2) is 4.04. The number of rotatable bonds is 2. The van der Waals surface area contributed by atoms with Crippen LogP contribution in [0.1, 0.15) is 15.9 Å². The number of benzene rings is 1. The van der Waals surface area contributed by atoms with Crippen LogP contribution in [0.4, 0.5) is 5.69 Å². The smallest absolute Gasteiger partial charge is 0.343 e. The van der Waals surface area contributed by atoms with Crippen LogP contribution < -0.4 is 0 Å². The highest BCUT2D eigenvalue weighted by Gasteiger charge is 2.27. The van der Waals surface area contributed by atoms with Gasteiger partial charge in [0.15, 0.2) is 0 Å². The van der Waals surface area contributed by atoms with Crippen molar-refractivity contribution in [2.45, 2.75) is 6.92 Å². The summed E-state index contributed by atoms with van der Waals surface area (Å²) in [5, 5.41) is 19.2. The summed E-state index contributed by atoms with van der Waals surface area (Å²) in [6.45, 7) is 1.38. The molecule has 7 heteroatoms. The van der Waals surface area contributed by atoms with Gasteiger partial charge in [0.25, 0.3) is 0 Å². The zero-order valence-electron chi connectivity index (χ0n) is 7.45. The highest BCUT2D eigenvalue weighted by Crippen LogP contribution is 2.35. The molecular formula is C8H5Cl2NO4. The average Bonchev–Trinajstić information content (AvgIpc) is 2.09. The number of carboxylic acids is 1. The molecule has 0 aliphatic heterocycles. The summed E-state index contributed by atoms with van der Waals surface area (Å²) in [7, 11) is 0. The number of nitro groups is 1. The highest BCUT2D eigenvalue weighted by molar-refractivity contribution is 6.37. The van der Waals surface area contributed by atoms with Gasteiger partial charge >= 0.3 is 11.7 Å². The van der Waals surface area contributed by atoms with E-state index in [1.165, 1.54) is 6.92 Å². The van der Waals surface area contributed by atoms with E-state index in [0.29, 0.717) is 0 Å². The van der Waals surface area contributed by atoms with Crippen LogP contribution in [0.5, 0.6) is 0 Å². The van der Waals surface area contributed by atoms with Crippen molar-refractivity contribution in [3.63, 3.8) is 0 Å². The van der Waals surface area contributed by atoms with Crippen LogP contribution in [0, 0.1) is 17.0 Å².